The van der Waals surface area contributed by atoms with E-state index in [9.17, 15) is 4.79 Å². The van der Waals surface area contributed by atoms with Crippen LogP contribution in [0.4, 0.5) is 0 Å². The lowest BCUT2D eigenvalue weighted by atomic mass is 9.99. The largest absolute Gasteiger partial charge is 0.338 e. The molecule has 1 aromatic heterocycles. The fraction of sp³-hybridized carbons (Fsp3) is 0.647. The van der Waals surface area contributed by atoms with E-state index in [2.05, 4.69) is 22.1 Å². The Morgan fingerprint density at radius 2 is 2.33 bits per heavy atom. The third-order valence-corrected chi connectivity index (χ3v) is 4.31. The van der Waals surface area contributed by atoms with Crippen molar-refractivity contribution >= 4 is 5.91 Å². The van der Waals surface area contributed by atoms with Crippen LogP contribution in [0.3, 0.4) is 0 Å². The van der Waals surface area contributed by atoms with Crippen molar-refractivity contribution in [3.05, 3.63) is 30.1 Å². The third kappa shape index (κ3) is 4.53. The quantitative estimate of drug-likeness (QED) is 0.874. The molecule has 1 aromatic rings. The Kier molecular flexibility index (Phi) is 6.18. The number of hydrogen-bond acceptors (Lipinski definition) is 3. The maximum Gasteiger partial charge on any atom is 0.239 e. The molecule has 1 fully saturated rings. The van der Waals surface area contributed by atoms with Crippen molar-refractivity contribution in [1.29, 1.82) is 0 Å². The highest BCUT2D eigenvalue weighted by Crippen LogP contribution is 2.20. The molecule has 0 spiro atoms. The number of likely N-dealkylation sites (tertiary alicyclic amines) is 1. The number of aromatic nitrogens is 1. The second kappa shape index (κ2) is 8.13. The summed E-state index contributed by atoms with van der Waals surface area (Å²) in [5, 5.41) is 3.34. The summed E-state index contributed by atoms with van der Waals surface area (Å²) >= 11 is 0. The molecule has 1 saturated heterocycles. The van der Waals surface area contributed by atoms with Crippen LogP contribution < -0.4 is 5.32 Å². The van der Waals surface area contributed by atoms with Crippen LogP contribution in [0.25, 0.3) is 0 Å². The molecule has 21 heavy (non-hydrogen) atoms. The first-order valence-corrected chi connectivity index (χ1v) is 8.16. The highest BCUT2D eigenvalue weighted by Gasteiger charge is 2.28. The van der Waals surface area contributed by atoms with Crippen LogP contribution in [0.2, 0.25) is 0 Å². The Labute approximate surface area is 127 Å². The molecule has 0 bridgehead atoms. The van der Waals surface area contributed by atoms with E-state index in [1.165, 1.54) is 6.42 Å². The van der Waals surface area contributed by atoms with E-state index in [1.54, 1.807) is 0 Å². The van der Waals surface area contributed by atoms with Gasteiger partial charge in [0.1, 0.15) is 0 Å². The molecule has 0 radical (unpaired) electrons. The first kappa shape index (κ1) is 16.0. The second-order valence-corrected chi connectivity index (χ2v) is 5.84. The van der Waals surface area contributed by atoms with Gasteiger partial charge in [0.05, 0.1) is 6.04 Å². The van der Waals surface area contributed by atoms with E-state index in [-0.39, 0.29) is 11.9 Å². The number of amides is 1. The molecule has 0 saturated carbocycles. The number of rotatable bonds is 6. The highest BCUT2D eigenvalue weighted by molar-refractivity contribution is 5.81. The molecule has 1 aliphatic rings. The standard InChI is InChI=1S/C17H27N3O/c1-3-16-9-5-7-13-20(16)17(21)14(2)18-12-10-15-8-4-6-11-19-15/h4,6,8,11,14,16,18H,3,5,7,9-10,12-13H2,1-2H3/t14-,16+/m1/s1. The molecule has 1 aliphatic heterocycles. The van der Waals surface area contributed by atoms with E-state index in [4.69, 9.17) is 0 Å². The normalized spacial score (nSPS) is 20.3. The predicted octanol–water partition coefficient (Wildman–Crippen LogP) is 2.39. The van der Waals surface area contributed by atoms with Gasteiger partial charge in [0.2, 0.25) is 5.91 Å². The van der Waals surface area contributed by atoms with E-state index < -0.39 is 0 Å². The third-order valence-electron chi connectivity index (χ3n) is 4.31. The van der Waals surface area contributed by atoms with Crippen LogP contribution in [0.5, 0.6) is 0 Å². The minimum atomic E-state index is -0.110. The Hall–Kier alpha value is -1.42. The summed E-state index contributed by atoms with van der Waals surface area (Å²) in [6, 6.07) is 6.26. The monoisotopic (exact) mass is 289 g/mol. The van der Waals surface area contributed by atoms with Crippen molar-refractivity contribution < 1.29 is 4.79 Å². The van der Waals surface area contributed by atoms with Gasteiger partial charge in [-0.25, -0.2) is 0 Å². The fourth-order valence-corrected chi connectivity index (χ4v) is 3.01. The summed E-state index contributed by atoms with van der Waals surface area (Å²) in [6.07, 6.45) is 7.28. The molecule has 1 N–H and O–H groups in total. The number of nitrogens with zero attached hydrogens (tertiary/aromatic N) is 2. The van der Waals surface area contributed by atoms with E-state index in [1.807, 2.05) is 31.3 Å². The van der Waals surface area contributed by atoms with Gasteiger partial charge in [0.25, 0.3) is 0 Å². The summed E-state index contributed by atoms with van der Waals surface area (Å²) in [6.45, 7) is 5.86. The Morgan fingerprint density at radius 1 is 1.48 bits per heavy atom. The maximum absolute atomic E-state index is 12.6. The van der Waals surface area contributed by atoms with Gasteiger partial charge in [-0.15, -0.1) is 0 Å². The van der Waals surface area contributed by atoms with Gasteiger partial charge in [0.15, 0.2) is 0 Å². The van der Waals surface area contributed by atoms with Gasteiger partial charge >= 0.3 is 0 Å². The average molecular weight is 289 g/mol. The number of nitrogens with one attached hydrogen (secondary N) is 1. The van der Waals surface area contributed by atoms with Crippen LogP contribution in [-0.2, 0) is 11.2 Å². The van der Waals surface area contributed by atoms with E-state index in [0.717, 1.165) is 44.5 Å². The summed E-state index contributed by atoms with van der Waals surface area (Å²) in [4.78, 5) is 18.9. The topological polar surface area (TPSA) is 45.2 Å². The molecule has 2 rings (SSSR count). The Bertz CT molecular complexity index is 435. The van der Waals surface area contributed by atoms with Gasteiger partial charge in [-0.3, -0.25) is 9.78 Å². The smallest absolute Gasteiger partial charge is 0.239 e. The maximum atomic E-state index is 12.6. The van der Waals surface area contributed by atoms with Crippen molar-refractivity contribution in [2.75, 3.05) is 13.1 Å². The summed E-state index contributed by atoms with van der Waals surface area (Å²) < 4.78 is 0. The molecule has 4 nitrogen and oxygen atoms in total. The summed E-state index contributed by atoms with van der Waals surface area (Å²) in [5.74, 6) is 0.252. The molecule has 0 unspecified atom stereocenters. The first-order chi connectivity index (χ1) is 10.2. The number of hydrogen-bond donors (Lipinski definition) is 1. The molecule has 1 amide bonds. The molecule has 2 heterocycles. The molecular weight excluding hydrogens is 262 g/mol. The minimum Gasteiger partial charge on any atom is -0.338 e. The second-order valence-electron chi connectivity index (χ2n) is 5.84. The van der Waals surface area contributed by atoms with E-state index >= 15 is 0 Å². The van der Waals surface area contributed by atoms with Crippen LogP contribution in [0.15, 0.2) is 24.4 Å². The van der Waals surface area contributed by atoms with Crippen molar-refractivity contribution in [1.82, 2.24) is 15.2 Å². The molecule has 116 valence electrons. The summed E-state index contributed by atoms with van der Waals surface area (Å²) in [5.41, 5.74) is 1.06. The highest BCUT2D eigenvalue weighted by atomic mass is 16.2. The van der Waals surface area contributed by atoms with Crippen LogP contribution in [0, 0.1) is 0 Å². The zero-order valence-corrected chi connectivity index (χ0v) is 13.2. The lowest BCUT2D eigenvalue weighted by molar-refractivity contribution is -0.136. The molecule has 4 heteroatoms. The lowest BCUT2D eigenvalue weighted by Gasteiger charge is -2.37. The van der Waals surface area contributed by atoms with Gasteiger partial charge in [0, 0.05) is 37.4 Å². The van der Waals surface area contributed by atoms with Crippen LogP contribution in [-0.4, -0.2) is 41.0 Å². The fourth-order valence-electron chi connectivity index (χ4n) is 3.01. The molecular formula is C17H27N3O. The number of pyridine rings is 1. The van der Waals surface area contributed by atoms with Crippen molar-refractivity contribution in [3.8, 4) is 0 Å². The zero-order valence-electron chi connectivity index (χ0n) is 13.2. The SMILES string of the molecule is CC[C@H]1CCCCN1C(=O)[C@@H](C)NCCc1ccccn1. The van der Waals surface area contributed by atoms with Gasteiger partial charge in [-0.1, -0.05) is 13.0 Å². The number of piperidine rings is 1. The Balaban J connectivity index is 1.79. The van der Waals surface area contributed by atoms with Gasteiger partial charge in [-0.05, 0) is 44.7 Å². The van der Waals surface area contributed by atoms with Gasteiger partial charge < -0.3 is 10.2 Å². The molecule has 0 aromatic carbocycles. The molecule has 0 aliphatic carbocycles. The number of carbonyl (C=O) groups excluding carboxylic acids is 1. The average Bonchev–Trinajstić information content (AvgIpc) is 2.55. The van der Waals surface area contributed by atoms with E-state index in [0.29, 0.717) is 6.04 Å². The summed E-state index contributed by atoms with van der Waals surface area (Å²) in [7, 11) is 0. The lowest BCUT2D eigenvalue weighted by Crippen LogP contribution is -2.51. The van der Waals surface area contributed by atoms with Crippen LogP contribution in [0.1, 0.15) is 45.2 Å². The van der Waals surface area contributed by atoms with Crippen molar-refractivity contribution in [2.45, 2.75) is 58.0 Å². The minimum absolute atomic E-state index is 0.110. The zero-order chi connectivity index (χ0) is 15.1. The van der Waals surface area contributed by atoms with Crippen LogP contribution >= 0.6 is 0 Å². The van der Waals surface area contributed by atoms with Crippen molar-refractivity contribution in [2.24, 2.45) is 0 Å². The number of carbonyl (C=O) groups is 1. The predicted molar refractivity (Wildman–Crippen MR) is 85.0 cm³/mol. The van der Waals surface area contributed by atoms with Crippen molar-refractivity contribution in [3.63, 3.8) is 0 Å². The molecule has 2 atom stereocenters. The Morgan fingerprint density at radius 3 is 3.05 bits per heavy atom. The van der Waals surface area contributed by atoms with Gasteiger partial charge in [-0.2, -0.15) is 0 Å². The first-order valence-electron chi connectivity index (χ1n) is 8.16.